The Balaban J connectivity index is 0.000000282. The summed E-state index contributed by atoms with van der Waals surface area (Å²) in [5, 5.41) is 0. The molecule has 3 saturated carbocycles. The van der Waals surface area contributed by atoms with Crippen LogP contribution >= 0.6 is 7.92 Å². The molecule has 21 heavy (non-hydrogen) atoms. The van der Waals surface area contributed by atoms with Crippen molar-refractivity contribution in [2.24, 2.45) is 0 Å². The van der Waals surface area contributed by atoms with Gasteiger partial charge in [0.15, 0.2) is 0 Å². The van der Waals surface area contributed by atoms with Gasteiger partial charge in [-0.2, -0.15) is 0 Å². The Labute approximate surface area is 145 Å². The van der Waals surface area contributed by atoms with Crippen molar-refractivity contribution in [2.75, 3.05) is 0 Å². The van der Waals surface area contributed by atoms with Crippen LogP contribution in [0.1, 0.15) is 84.0 Å². The molecule has 3 aliphatic carbocycles. The van der Waals surface area contributed by atoms with E-state index in [-0.39, 0.29) is 0 Å². The molecule has 0 aromatic rings. The summed E-state index contributed by atoms with van der Waals surface area (Å²) < 4.78 is 0. The van der Waals surface area contributed by atoms with Gasteiger partial charge in [-0.3, -0.25) is 0 Å². The molecule has 3 aliphatic rings. The molecule has 3 rings (SSSR count). The van der Waals surface area contributed by atoms with Crippen LogP contribution in [0.2, 0.25) is 4.89 Å². The monoisotopic (exact) mass is 399 g/mol. The summed E-state index contributed by atoms with van der Waals surface area (Å²) in [5.41, 5.74) is 4.82. The Morgan fingerprint density at radius 3 is 1.24 bits per heavy atom. The molecule has 0 spiro atoms. The molecule has 0 unspecified atom stereocenters. The van der Waals surface area contributed by atoms with Gasteiger partial charge in [0.1, 0.15) is 0 Å². The fourth-order valence-corrected chi connectivity index (χ4v) is 9.17. The van der Waals surface area contributed by atoms with E-state index in [2.05, 4.69) is 25.8 Å². The average Bonchev–Trinajstić information content (AvgIpc) is 3.24. The summed E-state index contributed by atoms with van der Waals surface area (Å²) in [7, 11) is 0.436. The van der Waals surface area contributed by atoms with E-state index in [1.807, 2.05) is 6.92 Å². The number of allylic oxidation sites excluding steroid dienone is 1. The van der Waals surface area contributed by atoms with E-state index < -0.39 is 0 Å². The molecule has 2 heteroatoms. The summed E-state index contributed by atoms with van der Waals surface area (Å²) in [6.07, 6.45) is 19.0. The van der Waals surface area contributed by atoms with Crippen LogP contribution < -0.4 is 0 Å². The summed E-state index contributed by atoms with van der Waals surface area (Å²) in [4.78, 5) is 0.961. The standard InChI is InChI=1S/C15H27P.C4H7.Pd/c1-2-8-13(7-1)16(14-9-3-4-10-14)15-11-5-6-12-15;1-4(2)3;/h13-15H,1-12H2;1-2H2,3H3;. The van der Waals surface area contributed by atoms with Crippen molar-refractivity contribution in [3.63, 3.8) is 0 Å². The minimum atomic E-state index is 0.436. The molecular formula is C19H34PPd. The first-order valence-electron chi connectivity index (χ1n) is 9.15. The molecular weight excluding hydrogens is 366 g/mol. The Morgan fingerprint density at radius 2 is 1.05 bits per heavy atom. The van der Waals surface area contributed by atoms with E-state index in [0.29, 0.717) is 7.92 Å². The Hall–Kier alpha value is 0.832. The zero-order valence-electron chi connectivity index (χ0n) is 13.9. The Bertz CT molecular complexity index is 259. The molecule has 0 aromatic carbocycles. The maximum atomic E-state index is 3.64. The molecule has 3 fully saturated rings. The third kappa shape index (κ3) is 5.75. The van der Waals surface area contributed by atoms with Gasteiger partial charge < -0.3 is 0 Å². The topological polar surface area (TPSA) is 0 Å². The van der Waals surface area contributed by atoms with Gasteiger partial charge >= 0.3 is 43.2 Å². The second kappa shape index (κ2) is 9.86. The van der Waals surface area contributed by atoms with Crippen LogP contribution in [-0.2, 0) is 19.2 Å². The van der Waals surface area contributed by atoms with Gasteiger partial charge in [0.25, 0.3) is 0 Å². The second-order valence-corrected chi connectivity index (χ2v) is 11.0. The van der Waals surface area contributed by atoms with Crippen molar-refractivity contribution >= 4 is 7.92 Å². The van der Waals surface area contributed by atoms with E-state index in [9.17, 15) is 0 Å². The third-order valence-electron chi connectivity index (χ3n) is 5.43. The van der Waals surface area contributed by atoms with E-state index >= 15 is 0 Å². The zero-order chi connectivity index (χ0) is 15.1. The first kappa shape index (κ1) is 18.2. The minimum absolute atomic E-state index is 0.436. The Morgan fingerprint density at radius 1 is 0.810 bits per heavy atom. The van der Waals surface area contributed by atoms with Crippen molar-refractivity contribution in [3.05, 3.63) is 12.2 Å². The van der Waals surface area contributed by atoms with Crippen LogP contribution in [0.4, 0.5) is 0 Å². The molecule has 0 atom stereocenters. The van der Waals surface area contributed by atoms with Crippen LogP contribution in [0.3, 0.4) is 0 Å². The van der Waals surface area contributed by atoms with Gasteiger partial charge in [-0.25, -0.2) is 0 Å². The van der Waals surface area contributed by atoms with Gasteiger partial charge in [-0.1, -0.05) is 46.4 Å². The first-order chi connectivity index (χ1) is 10.2. The SMILES string of the molecule is C1CCC(P(C2CCCC2)C2CCCC2)C1.C=C(C)[CH2][Pd]. The first-order valence-corrected chi connectivity index (χ1v) is 11.8. The van der Waals surface area contributed by atoms with Crippen LogP contribution in [0.15, 0.2) is 12.2 Å². The molecule has 0 bridgehead atoms. The van der Waals surface area contributed by atoms with E-state index in [4.69, 9.17) is 0 Å². The van der Waals surface area contributed by atoms with Gasteiger partial charge in [-0.15, -0.1) is 0 Å². The van der Waals surface area contributed by atoms with Crippen LogP contribution in [0.5, 0.6) is 0 Å². The van der Waals surface area contributed by atoms with E-state index in [1.165, 1.54) is 22.6 Å². The predicted molar refractivity (Wildman–Crippen MR) is 93.3 cm³/mol. The number of hydrogen-bond acceptors (Lipinski definition) is 0. The molecule has 0 saturated heterocycles. The quantitative estimate of drug-likeness (QED) is 0.276. The molecule has 125 valence electrons. The van der Waals surface area contributed by atoms with E-state index in [1.54, 1.807) is 77.0 Å². The summed E-state index contributed by atoms with van der Waals surface area (Å²) >= 11 is 2.99. The summed E-state index contributed by atoms with van der Waals surface area (Å²) in [5.74, 6) is 0. The molecule has 0 heterocycles. The molecule has 0 aliphatic heterocycles. The van der Waals surface area contributed by atoms with Gasteiger partial charge in [0.05, 0.1) is 0 Å². The molecule has 0 nitrogen and oxygen atoms in total. The van der Waals surface area contributed by atoms with Gasteiger partial charge in [0, 0.05) is 0 Å². The summed E-state index contributed by atoms with van der Waals surface area (Å²) in [6.45, 7) is 5.63. The fraction of sp³-hybridized carbons (Fsp3) is 0.895. The van der Waals surface area contributed by atoms with Crippen molar-refractivity contribution in [3.8, 4) is 0 Å². The fourth-order valence-electron chi connectivity index (χ4n) is 4.50. The molecule has 0 radical (unpaired) electrons. The Kier molecular flexibility index (Phi) is 8.53. The molecule has 0 aromatic heterocycles. The summed E-state index contributed by atoms with van der Waals surface area (Å²) in [6, 6.07) is 0. The van der Waals surface area contributed by atoms with Crippen LogP contribution in [0.25, 0.3) is 0 Å². The predicted octanol–water partition coefficient (Wildman–Crippen LogP) is 6.82. The second-order valence-electron chi connectivity index (χ2n) is 7.33. The van der Waals surface area contributed by atoms with Crippen molar-refractivity contribution in [1.29, 1.82) is 0 Å². The van der Waals surface area contributed by atoms with Gasteiger partial charge in [0.2, 0.25) is 0 Å². The van der Waals surface area contributed by atoms with E-state index in [0.717, 1.165) is 4.89 Å². The van der Waals surface area contributed by atoms with Crippen LogP contribution in [0, 0.1) is 0 Å². The van der Waals surface area contributed by atoms with Crippen molar-refractivity contribution < 1.29 is 19.2 Å². The molecule has 0 amide bonds. The van der Waals surface area contributed by atoms with Gasteiger partial charge in [-0.05, 0) is 55.5 Å². The number of hydrogen-bond donors (Lipinski definition) is 0. The molecule has 0 N–H and O–H groups in total. The average molecular weight is 400 g/mol. The maximum absolute atomic E-state index is 3.64. The normalized spacial score (nSPS) is 24.6. The third-order valence-corrected chi connectivity index (χ3v) is 10.4. The van der Waals surface area contributed by atoms with Crippen LogP contribution in [-0.4, -0.2) is 17.0 Å². The van der Waals surface area contributed by atoms with Crippen molar-refractivity contribution in [2.45, 2.75) is 106 Å². The zero-order valence-corrected chi connectivity index (χ0v) is 16.3. The van der Waals surface area contributed by atoms with Crippen molar-refractivity contribution in [1.82, 2.24) is 0 Å². The number of rotatable bonds is 4.